The van der Waals surface area contributed by atoms with Gasteiger partial charge in [0.05, 0.1) is 13.0 Å². The molecule has 0 saturated heterocycles. The number of esters is 1. The fourth-order valence-electron chi connectivity index (χ4n) is 2.04. The van der Waals surface area contributed by atoms with Gasteiger partial charge in [0.25, 0.3) is 5.91 Å². The molecule has 5 heteroatoms. The van der Waals surface area contributed by atoms with Crippen molar-refractivity contribution in [1.29, 1.82) is 0 Å². The van der Waals surface area contributed by atoms with E-state index in [1.54, 1.807) is 24.0 Å². The number of carbonyl (C=O) groups is 2. The first-order valence-corrected chi connectivity index (χ1v) is 7.76. The summed E-state index contributed by atoms with van der Waals surface area (Å²) < 4.78 is 10.2. The third-order valence-electron chi connectivity index (χ3n) is 3.12. The Morgan fingerprint density at radius 3 is 2.41 bits per heavy atom. The Hall–Kier alpha value is -1.88. The quantitative estimate of drug-likeness (QED) is 0.492. The van der Waals surface area contributed by atoms with Crippen LogP contribution in [0.5, 0.6) is 0 Å². The molecule has 5 nitrogen and oxygen atoms in total. The first kappa shape index (κ1) is 18.2. The first-order valence-electron chi connectivity index (χ1n) is 7.76. The predicted molar refractivity (Wildman–Crippen MR) is 84.7 cm³/mol. The second-order valence-electron chi connectivity index (χ2n) is 4.76. The maximum absolute atomic E-state index is 12.5. The standard InChI is InChI=1S/C17H25NO4/c1-3-21-14-8-12-18(13-11-16(19)22-4-2)17(20)15-9-6-5-7-10-15/h5-7,9-10H,3-4,8,11-14H2,1-2H3. The van der Waals surface area contributed by atoms with Crippen LogP contribution < -0.4 is 0 Å². The zero-order valence-corrected chi connectivity index (χ0v) is 13.4. The Bertz CT molecular complexity index is 447. The van der Waals surface area contributed by atoms with Crippen LogP contribution in [-0.4, -0.2) is 49.7 Å². The molecular formula is C17H25NO4. The van der Waals surface area contributed by atoms with Crippen molar-refractivity contribution in [3.8, 4) is 0 Å². The van der Waals surface area contributed by atoms with E-state index in [0.29, 0.717) is 38.5 Å². The maximum Gasteiger partial charge on any atom is 0.307 e. The van der Waals surface area contributed by atoms with Crippen LogP contribution in [0.2, 0.25) is 0 Å². The third-order valence-corrected chi connectivity index (χ3v) is 3.12. The largest absolute Gasteiger partial charge is 0.466 e. The summed E-state index contributed by atoms with van der Waals surface area (Å²) in [5.74, 6) is -0.348. The van der Waals surface area contributed by atoms with Crippen molar-refractivity contribution in [3.05, 3.63) is 35.9 Å². The lowest BCUT2D eigenvalue weighted by Gasteiger charge is -2.22. The van der Waals surface area contributed by atoms with Gasteiger partial charge in [-0.3, -0.25) is 9.59 Å². The number of hydrogen-bond acceptors (Lipinski definition) is 4. The second-order valence-corrected chi connectivity index (χ2v) is 4.76. The Morgan fingerprint density at radius 2 is 1.77 bits per heavy atom. The summed E-state index contributed by atoms with van der Waals surface area (Å²) in [6.45, 7) is 6.26. The highest BCUT2D eigenvalue weighted by Crippen LogP contribution is 2.07. The molecule has 0 spiro atoms. The van der Waals surface area contributed by atoms with Gasteiger partial charge in [0.15, 0.2) is 0 Å². The van der Waals surface area contributed by atoms with E-state index in [9.17, 15) is 9.59 Å². The summed E-state index contributed by atoms with van der Waals surface area (Å²) in [6, 6.07) is 9.09. The predicted octanol–water partition coefficient (Wildman–Crippen LogP) is 2.51. The molecule has 0 N–H and O–H groups in total. The number of amides is 1. The lowest BCUT2D eigenvalue weighted by Crippen LogP contribution is -2.34. The van der Waals surface area contributed by atoms with Gasteiger partial charge in [-0.1, -0.05) is 18.2 Å². The van der Waals surface area contributed by atoms with Crippen molar-refractivity contribution < 1.29 is 19.1 Å². The highest BCUT2D eigenvalue weighted by atomic mass is 16.5. The van der Waals surface area contributed by atoms with E-state index in [-0.39, 0.29) is 18.3 Å². The monoisotopic (exact) mass is 307 g/mol. The molecule has 1 aromatic rings. The zero-order chi connectivity index (χ0) is 16.2. The van der Waals surface area contributed by atoms with E-state index < -0.39 is 0 Å². The molecule has 0 fully saturated rings. The molecule has 0 aliphatic heterocycles. The molecule has 0 atom stereocenters. The topological polar surface area (TPSA) is 55.8 Å². The molecule has 0 unspecified atom stereocenters. The van der Waals surface area contributed by atoms with Gasteiger partial charge in [-0.05, 0) is 32.4 Å². The zero-order valence-electron chi connectivity index (χ0n) is 13.4. The van der Waals surface area contributed by atoms with Crippen molar-refractivity contribution in [3.63, 3.8) is 0 Å². The van der Waals surface area contributed by atoms with E-state index >= 15 is 0 Å². The second kappa shape index (κ2) is 10.8. The van der Waals surface area contributed by atoms with Crippen LogP contribution in [0, 0.1) is 0 Å². The smallest absolute Gasteiger partial charge is 0.307 e. The molecule has 0 aliphatic carbocycles. The molecule has 122 valence electrons. The fraction of sp³-hybridized carbons (Fsp3) is 0.529. The average molecular weight is 307 g/mol. The van der Waals surface area contributed by atoms with Crippen LogP contribution in [0.15, 0.2) is 30.3 Å². The Balaban J connectivity index is 2.60. The van der Waals surface area contributed by atoms with Gasteiger partial charge >= 0.3 is 5.97 Å². The summed E-state index contributed by atoms with van der Waals surface area (Å²) in [7, 11) is 0. The lowest BCUT2D eigenvalue weighted by atomic mass is 10.2. The number of nitrogens with zero attached hydrogens (tertiary/aromatic N) is 1. The molecule has 0 bridgehead atoms. The van der Waals surface area contributed by atoms with Crippen LogP contribution in [0.4, 0.5) is 0 Å². The molecule has 22 heavy (non-hydrogen) atoms. The van der Waals surface area contributed by atoms with Gasteiger partial charge in [-0.2, -0.15) is 0 Å². The fourth-order valence-corrected chi connectivity index (χ4v) is 2.04. The molecule has 0 saturated carbocycles. The van der Waals surface area contributed by atoms with Crippen molar-refractivity contribution in [2.45, 2.75) is 26.7 Å². The summed E-state index contributed by atoms with van der Waals surface area (Å²) in [6.07, 6.45) is 0.955. The van der Waals surface area contributed by atoms with Gasteiger partial charge in [-0.25, -0.2) is 0 Å². The number of carbonyl (C=O) groups excluding carboxylic acids is 2. The molecule has 0 heterocycles. The first-order chi connectivity index (χ1) is 10.7. The lowest BCUT2D eigenvalue weighted by molar-refractivity contribution is -0.143. The number of benzene rings is 1. The highest BCUT2D eigenvalue weighted by Gasteiger charge is 2.16. The van der Waals surface area contributed by atoms with Crippen LogP contribution in [0.1, 0.15) is 37.0 Å². The molecule has 0 aromatic heterocycles. The van der Waals surface area contributed by atoms with E-state index in [2.05, 4.69) is 0 Å². The van der Waals surface area contributed by atoms with E-state index in [0.717, 1.165) is 6.42 Å². The van der Waals surface area contributed by atoms with E-state index in [4.69, 9.17) is 9.47 Å². The molecule has 1 rings (SSSR count). The highest BCUT2D eigenvalue weighted by molar-refractivity contribution is 5.94. The summed E-state index contributed by atoms with van der Waals surface area (Å²) in [5, 5.41) is 0. The van der Waals surface area contributed by atoms with E-state index in [1.165, 1.54) is 0 Å². The Labute approximate surface area is 132 Å². The number of hydrogen-bond donors (Lipinski definition) is 0. The molecule has 1 amide bonds. The molecule has 1 aromatic carbocycles. The van der Waals surface area contributed by atoms with Crippen LogP contribution in [0.3, 0.4) is 0 Å². The number of ether oxygens (including phenoxy) is 2. The minimum Gasteiger partial charge on any atom is -0.466 e. The van der Waals surface area contributed by atoms with Gasteiger partial charge in [-0.15, -0.1) is 0 Å². The Morgan fingerprint density at radius 1 is 1.05 bits per heavy atom. The van der Waals surface area contributed by atoms with Gasteiger partial charge in [0.1, 0.15) is 0 Å². The van der Waals surface area contributed by atoms with Crippen molar-refractivity contribution >= 4 is 11.9 Å². The van der Waals surface area contributed by atoms with Crippen molar-refractivity contribution in [2.75, 3.05) is 32.9 Å². The average Bonchev–Trinajstić information content (AvgIpc) is 2.54. The minimum atomic E-state index is -0.279. The van der Waals surface area contributed by atoms with Crippen LogP contribution in [0.25, 0.3) is 0 Å². The SMILES string of the molecule is CCOCCCN(CCC(=O)OCC)C(=O)c1ccccc1. The van der Waals surface area contributed by atoms with Crippen LogP contribution in [-0.2, 0) is 14.3 Å². The Kier molecular flexibility index (Phi) is 8.91. The van der Waals surface area contributed by atoms with Gasteiger partial charge < -0.3 is 14.4 Å². The van der Waals surface area contributed by atoms with Crippen molar-refractivity contribution in [2.24, 2.45) is 0 Å². The summed E-state index contributed by atoms with van der Waals surface area (Å²) in [4.78, 5) is 25.7. The molecular weight excluding hydrogens is 282 g/mol. The maximum atomic E-state index is 12.5. The summed E-state index contributed by atoms with van der Waals surface area (Å²) in [5.41, 5.74) is 0.628. The van der Waals surface area contributed by atoms with E-state index in [1.807, 2.05) is 25.1 Å². The number of rotatable bonds is 10. The normalized spacial score (nSPS) is 10.3. The van der Waals surface area contributed by atoms with Gasteiger partial charge in [0.2, 0.25) is 0 Å². The van der Waals surface area contributed by atoms with Gasteiger partial charge in [0, 0.05) is 31.9 Å². The van der Waals surface area contributed by atoms with Crippen LogP contribution >= 0.6 is 0 Å². The molecule has 0 radical (unpaired) electrons. The summed E-state index contributed by atoms with van der Waals surface area (Å²) >= 11 is 0. The van der Waals surface area contributed by atoms with Crippen molar-refractivity contribution in [1.82, 2.24) is 4.90 Å². The minimum absolute atomic E-state index is 0.0682. The molecule has 0 aliphatic rings. The third kappa shape index (κ3) is 6.72.